The number of hydrogen-bond acceptors (Lipinski definition) is 6. The van der Waals surface area contributed by atoms with Gasteiger partial charge in [-0.1, -0.05) is 36.4 Å². The third kappa shape index (κ3) is 5.16. The molecule has 0 aliphatic heterocycles. The molecule has 0 saturated carbocycles. The summed E-state index contributed by atoms with van der Waals surface area (Å²) in [7, 11) is 0. The SMILES string of the molecule is CCOC(=O)c1ccccc1NC(=O)c1cc(NCc2ccccc2C)ncn1. The highest BCUT2D eigenvalue weighted by atomic mass is 16.5. The van der Waals surface area contributed by atoms with Gasteiger partial charge in [0.25, 0.3) is 5.91 Å². The molecular weight excluding hydrogens is 368 g/mol. The molecule has 1 amide bonds. The summed E-state index contributed by atoms with van der Waals surface area (Å²) in [5, 5.41) is 5.92. The minimum Gasteiger partial charge on any atom is -0.462 e. The molecule has 0 bridgehead atoms. The van der Waals surface area contributed by atoms with Crippen LogP contribution < -0.4 is 10.6 Å². The molecule has 0 aliphatic rings. The lowest BCUT2D eigenvalue weighted by atomic mass is 10.1. The van der Waals surface area contributed by atoms with Crippen LogP contribution in [0.1, 0.15) is 38.9 Å². The number of aromatic nitrogens is 2. The van der Waals surface area contributed by atoms with Gasteiger partial charge in [-0.2, -0.15) is 0 Å². The predicted molar refractivity (Wildman–Crippen MR) is 111 cm³/mol. The van der Waals surface area contributed by atoms with Gasteiger partial charge in [0.2, 0.25) is 0 Å². The van der Waals surface area contributed by atoms with Crippen LogP contribution >= 0.6 is 0 Å². The lowest BCUT2D eigenvalue weighted by molar-refractivity contribution is 0.0527. The van der Waals surface area contributed by atoms with Crippen molar-refractivity contribution in [1.82, 2.24) is 9.97 Å². The monoisotopic (exact) mass is 390 g/mol. The molecule has 0 fully saturated rings. The molecule has 3 rings (SSSR count). The first-order valence-corrected chi connectivity index (χ1v) is 9.26. The van der Waals surface area contributed by atoms with Crippen LogP contribution in [-0.4, -0.2) is 28.5 Å². The molecule has 1 heterocycles. The van der Waals surface area contributed by atoms with Crippen molar-refractivity contribution < 1.29 is 14.3 Å². The van der Waals surface area contributed by atoms with Crippen molar-refractivity contribution in [1.29, 1.82) is 0 Å². The highest BCUT2D eigenvalue weighted by molar-refractivity contribution is 6.07. The zero-order chi connectivity index (χ0) is 20.6. The van der Waals surface area contributed by atoms with E-state index in [1.807, 2.05) is 31.2 Å². The largest absolute Gasteiger partial charge is 0.462 e. The maximum atomic E-state index is 12.6. The molecule has 2 aromatic carbocycles. The Hall–Kier alpha value is -3.74. The number of para-hydroxylation sites is 1. The van der Waals surface area contributed by atoms with Gasteiger partial charge in [0.1, 0.15) is 17.8 Å². The van der Waals surface area contributed by atoms with Gasteiger partial charge in [-0.15, -0.1) is 0 Å². The average molecular weight is 390 g/mol. The Kier molecular flexibility index (Phi) is 6.52. The second-order valence-corrected chi connectivity index (χ2v) is 6.29. The molecule has 0 aliphatic carbocycles. The standard InChI is InChI=1S/C22H22N4O3/c1-3-29-22(28)17-10-6-7-11-18(17)26-21(27)19-12-20(25-14-24-19)23-13-16-9-5-4-8-15(16)2/h4-12,14H,3,13H2,1-2H3,(H,26,27)(H,23,24,25). The number of hydrogen-bond donors (Lipinski definition) is 2. The number of esters is 1. The van der Waals surface area contributed by atoms with E-state index < -0.39 is 11.9 Å². The van der Waals surface area contributed by atoms with Gasteiger partial charge in [-0.3, -0.25) is 4.79 Å². The molecule has 0 saturated heterocycles. The Morgan fingerprint density at radius 1 is 1.03 bits per heavy atom. The van der Waals surface area contributed by atoms with Crippen molar-refractivity contribution in [3.8, 4) is 0 Å². The number of ether oxygens (including phenoxy) is 1. The molecule has 2 N–H and O–H groups in total. The van der Waals surface area contributed by atoms with Crippen LogP contribution in [-0.2, 0) is 11.3 Å². The summed E-state index contributed by atoms with van der Waals surface area (Å²) in [6, 6.07) is 16.3. The average Bonchev–Trinajstić information content (AvgIpc) is 2.74. The van der Waals surface area contributed by atoms with Crippen molar-refractivity contribution in [2.45, 2.75) is 20.4 Å². The van der Waals surface area contributed by atoms with E-state index in [0.29, 0.717) is 18.1 Å². The second kappa shape index (κ2) is 9.45. The minimum absolute atomic E-state index is 0.186. The molecular formula is C22H22N4O3. The molecule has 0 atom stereocenters. The topological polar surface area (TPSA) is 93.2 Å². The molecule has 3 aromatic rings. The normalized spacial score (nSPS) is 10.3. The van der Waals surface area contributed by atoms with Crippen molar-refractivity contribution >= 4 is 23.4 Å². The number of nitrogens with zero attached hydrogens (tertiary/aromatic N) is 2. The highest BCUT2D eigenvalue weighted by Gasteiger charge is 2.16. The zero-order valence-corrected chi connectivity index (χ0v) is 16.3. The van der Waals surface area contributed by atoms with Gasteiger partial charge in [0, 0.05) is 12.6 Å². The van der Waals surface area contributed by atoms with E-state index >= 15 is 0 Å². The lowest BCUT2D eigenvalue weighted by Crippen LogP contribution is -2.17. The first-order valence-electron chi connectivity index (χ1n) is 9.26. The molecule has 0 unspecified atom stereocenters. The van der Waals surface area contributed by atoms with E-state index in [1.54, 1.807) is 37.3 Å². The van der Waals surface area contributed by atoms with Crippen LogP contribution in [0.5, 0.6) is 0 Å². The van der Waals surface area contributed by atoms with Crippen LogP contribution in [0.2, 0.25) is 0 Å². The van der Waals surface area contributed by atoms with Gasteiger partial charge in [-0.05, 0) is 37.1 Å². The van der Waals surface area contributed by atoms with E-state index in [0.717, 1.165) is 5.56 Å². The fourth-order valence-corrected chi connectivity index (χ4v) is 2.74. The van der Waals surface area contributed by atoms with Crippen LogP contribution in [0, 0.1) is 6.92 Å². The van der Waals surface area contributed by atoms with Crippen LogP contribution in [0.3, 0.4) is 0 Å². The summed E-state index contributed by atoms with van der Waals surface area (Å²) in [5.41, 5.74) is 3.15. The zero-order valence-electron chi connectivity index (χ0n) is 16.3. The lowest BCUT2D eigenvalue weighted by Gasteiger charge is -2.11. The third-order valence-electron chi connectivity index (χ3n) is 4.29. The number of rotatable bonds is 7. The number of carbonyl (C=O) groups is 2. The second-order valence-electron chi connectivity index (χ2n) is 6.29. The van der Waals surface area contributed by atoms with E-state index in [9.17, 15) is 9.59 Å². The van der Waals surface area contributed by atoms with Crippen LogP contribution in [0.4, 0.5) is 11.5 Å². The fourth-order valence-electron chi connectivity index (χ4n) is 2.74. The number of anilines is 2. The number of nitrogens with one attached hydrogen (secondary N) is 2. The highest BCUT2D eigenvalue weighted by Crippen LogP contribution is 2.18. The maximum absolute atomic E-state index is 12.6. The first-order chi connectivity index (χ1) is 14.1. The summed E-state index contributed by atoms with van der Waals surface area (Å²) < 4.78 is 5.03. The summed E-state index contributed by atoms with van der Waals surface area (Å²) >= 11 is 0. The smallest absolute Gasteiger partial charge is 0.340 e. The number of amides is 1. The van der Waals surface area contributed by atoms with Gasteiger partial charge in [-0.25, -0.2) is 14.8 Å². The number of aryl methyl sites for hydroxylation is 1. The molecule has 148 valence electrons. The first kappa shape index (κ1) is 20.0. The van der Waals surface area contributed by atoms with Crippen LogP contribution in [0.15, 0.2) is 60.9 Å². The van der Waals surface area contributed by atoms with Gasteiger partial charge >= 0.3 is 5.97 Å². The minimum atomic E-state index is -0.494. The quantitative estimate of drug-likeness (QED) is 0.596. The Bertz CT molecular complexity index is 1020. The Balaban J connectivity index is 1.72. The van der Waals surface area contributed by atoms with Gasteiger partial charge in [0.15, 0.2) is 0 Å². The van der Waals surface area contributed by atoms with Gasteiger partial charge < -0.3 is 15.4 Å². The summed E-state index contributed by atoms with van der Waals surface area (Å²) in [6.07, 6.45) is 1.33. The predicted octanol–water partition coefficient (Wildman–Crippen LogP) is 3.83. The Morgan fingerprint density at radius 3 is 2.59 bits per heavy atom. The van der Waals surface area contributed by atoms with E-state index in [-0.39, 0.29) is 17.9 Å². The van der Waals surface area contributed by atoms with Gasteiger partial charge in [0.05, 0.1) is 17.9 Å². The molecule has 0 spiro atoms. The Morgan fingerprint density at radius 2 is 1.79 bits per heavy atom. The molecule has 7 heteroatoms. The number of carbonyl (C=O) groups excluding carboxylic acids is 2. The summed E-state index contributed by atoms with van der Waals surface area (Å²) in [4.78, 5) is 32.9. The van der Waals surface area contributed by atoms with Crippen molar-refractivity contribution in [2.75, 3.05) is 17.2 Å². The van der Waals surface area contributed by atoms with Crippen LogP contribution in [0.25, 0.3) is 0 Å². The van der Waals surface area contributed by atoms with E-state index in [4.69, 9.17) is 4.74 Å². The third-order valence-corrected chi connectivity index (χ3v) is 4.29. The fraction of sp³-hybridized carbons (Fsp3) is 0.182. The molecule has 29 heavy (non-hydrogen) atoms. The summed E-state index contributed by atoms with van der Waals surface area (Å²) in [6.45, 7) is 4.60. The Labute approximate surface area is 169 Å². The number of benzene rings is 2. The van der Waals surface area contributed by atoms with Crippen molar-refractivity contribution in [3.63, 3.8) is 0 Å². The van der Waals surface area contributed by atoms with Crippen molar-refractivity contribution in [2.24, 2.45) is 0 Å². The van der Waals surface area contributed by atoms with E-state index in [2.05, 4.69) is 20.6 Å². The molecule has 7 nitrogen and oxygen atoms in total. The van der Waals surface area contributed by atoms with Crippen molar-refractivity contribution in [3.05, 3.63) is 83.3 Å². The summed E-state index contributed by atoms with van der Waals surface area (Å²) in [5.74, 6) is -0.401. The molecule has 0 radical (unpaired) electrons. The maximum Gasteiger partial charge on any atom is 0.340 e. The molecule has 1 aromatic heterocycles. The van der Waals surface area contributed by atoms with E-state index in [1.165, 1.54) is 11.9 Å².